The predicted molar refractivity (Wildman–Crippen MR) is 140 cm³/mol. The maximum atomic E-state index is 13.7. The third kappa shape index (κ3) is 6.83. The summed E-state index contributed by atoms with van der Waals surface area (Å²) in [6.45, 7) is 0. The first-order valence-corrected chi connectivity index (χ1v) is 13.7. The summed E-state index contributed by atoms with van der Waals surface area (Å²) < 4.78 is 86.2. The summed E-state index contributed by atoms with van der Waals surface area (Å²) >= 11 is 5.05. The number of ether oxygens (including phenoxy) is 2. The molecule has 184 valence electrons. The molecule has 0 bridgehead atoms. The number of hydrogen-bond acceptors (Lipinski definition) is 7. The molecule has 7 nitrogen and oxygen atoms in total. The van der Waals surface area contributed by atoms with E-state index in [4.69, 9.17) is 9.47 Å². The Morgan fingerprint density at radius 1 is 0.829 bits per heavy atom. The van der Waals surface area contributed by atoms with Gasteiger partial charge in [0.15, 0.2) is 0 Å². The van der Waals surface area contributed by atoms with E-state index in [2.05, 4.69) is 0 Å². The molecule has 0 aromatic heterocycles. The third-order valence-corrected chi connectivity index (χ3v) is 8.34. The van der Waals surface area contributed by atoms with Crippen molar-refractivity contribution < 1.29 is 45.2 Å². The highest BCUT2D eigenvalue weighted by atomic mass is 127. The van der Waals surface area contributed by atoms with Gasteiger partial charge in [0.2, 0.25) is 0 Å². The van der Waals surface area contributed by atoms with E-state index in [0.29, 0.717) is 6.07 Å². The molecule has 0 unspecified atom stereocenters. The summed E-state index contributed by atoms with van der Waals surface area (Å²) in [5.41, 5.74) is -3.20. The van der Waals surface area contributed by atoms with Crippen molar-refractivity contribution in [1.82, 2.24) is 0 Å². The average Bonchev–Trinajstić information content (AvgIpc) is 2.72. The Morgan fingerprint density at radius 2 is 1.37 bits per heavy atom. The highest BCUT2D eigenvalue weighted by molar-refractivity contribution is 14.1. The summed E-state index contributed by atoms with van der Waals surface area (Å²) in [6, 6.07) is 10.6. The van der Waals surface area contributed by atoms with E-state index >= 15 is 0 Å². The lowest BCUT2D eigenvalue weighted by Crippen LogP contribution is -2.23. The Labute approximate surface area is 237 Å². The fraction of sp³-hybridized carbons (Fsp3) is 0.0476. The summed E-state index contributed by atoms with van der Waals surface area (Å²) in [4.78, 5) is 25.0. The van der Waals surface area contributed by atoms with Crippen LogP contribution in [0.2, 0.25) is 0 Å². The van der Waals surface area contributed by atoms with Crippen LogP contribution in [-0.2, 0) is 16.3 Å². The first-order valence-electron chi connectivity index (χ1n) is 9.03. The molecule has 3 aromatic rings. The molecule has 0 radical (unpaired) electrons. The van der Waals surface area contributed by atoms with E-state index < -0.39 is 49.8 Å². The lowest BCUT2D eigenvalue weighted by atomic mass is 10.0. The van der Waals surface area contributed by atoms with Crippen molar-refractivity contribution in [2.45, 2.75) is 11.1 Å². The number of benzene rings is 3. The highest BCUT2D eigenvalue weighted by Crippen LogP contribution is 2.35. The van der Waals surface area contributed by atoms with Crippen LogP contribution in [0.25, 0.3) is 0 Å². The van der Waals surface area contributed by atoms with Crippen molar-refractivity contribution in [3.8, 4) is 11.5 Å². The van der Waals surface area contributed by atoms with Gasteiger partial charge in [-0.05, 0) is 116 Å². The molecule has 0 amide bonds. The number of carbonyl (C=O) groups excluding carboxylic acids is 2. The zero-order valence-corrected chi connectivity index (χ0v) is 24.0. The number of esters is 2. The van der Waals surface area contributed by atoms with Gasteiger partial charge in [0, 0.05) is 10.7 Å². The van der Waals surface area contributed by atoms with Gasteiger partial charge in [-0.1, -0.05) is 6.07 Å². The minimum atomic E-state index is -5.02. The van der Waals surface area contributed by atoms with Gasteiger partial charge in [-0.3, -0.25) is 0 Å². The molecule has 0 saturated carbocycles. The molecular formula is C21H9F3I3O7S-. The highest BCUT2D eigenvalue weighted by Gasteiger charge is 2.38. The van der Waals surface area contributed by atoms with Crippen LogP contribution in [0.4, 0.5) is 13.2 Å². The van der Waals surface area contributed by atoms with Crippen LogP contribution < -0.4 is 9.47 Å². The molecule has 0 aliphatic rings. The maximum absolute atomic E-state index is 13.7. The van der Waals surface area contributed by atoms with E-state index in [0.717, 1.165) is 27.8 Å². The predicted octanol–water partition coefficient (Wildman–Crippen LogP) is 5.86. The van der Waals surface area contributed by atoms with Crippen LogP contribution >= 0.6 is 67.8 Å². The lowest BCUT2D eigenvalue weighted by molar-refractivity contribution is -0.138. The fourth-order valence-corrected chi connectivity index (χ4v) is 7.12. The molecule has 0 atom stereocenters. The summed E-state index contributed by atoms with van der Waals surface area (Å²) in [6.07, 6.45) is -5.02. The van der Waals surface area contributed by atoms with E-state index in [-0.39, 0.29) is 18.6 Å². The summed E-state index contributed by atoms with van der Waals surface area (Å²) in [5, 5.41) is 0. The molecule has 0 heterocycles. The Kier molecular flexibility index (Phi) is 8.70. The van der Waals surface area contributed by atoms with Crippen molar-refractivity contribution in [1.29, 1.82) is 0 Å². The number of hydrogen-bond donors (Lipinski definition) is 0. The van der Waals surface area contributed by atoms with Gasteiger partial charge in [-0.2, -0.15) is 13.2 Å². The molecule has 14 heteroatoms. The average molecular weight is 843 g/mol. The molecule has 0 aliphatic heterocycles. The van der Waals surface area contributed by atoms with Gasteiger partial charge in [-0.15, -0.1) is 0 Å². The monoisotopic (exact) mass is 843 g/mol. The van der Waals surface area contributed by atoms with E-state index in [1.54, 1.807) is 12.1 Å². The van der Waals surface area contributed by atoms with Gasteiger partial charge in [0.05, 0.1) is 21.6 Å². The zero-order valence-electron chi connectivity index (χ0n) is 16.7. The molecule has 0 N–H and O–H groups in total. The van der Waals surface area contributed by atoms with E-state index in [1.165, 1.54) is 57.3 Å². The van der Waals surface area contributed by atoms with Gasteiger partial charge in [-0.25, -0.2) is 18.0 Å². The van der Waals surface area contributed by atoms with E-state index in [1.807, 2.05) is 22.6 Å². The Morgan fingerprint density at radius 3 is 1.89 bits per heavy atom. The Balaban J connectivity index is 2.05. The van der Waals surface area contributed by atoms with Crippen LogP contribution in [0, 0.1) is 10.7 Å². The molecule has 0 fully saturated rings. The van der Waals surface area contributed by atoms with Crippen LogP contribution in [0.5, 0.6) is 11.5 Å². The summed E-state index contributed by atoms with van der Waals surface area (Å²) in [7, 11) is -4.85. The molecule has 0 spiro atoms. The number of rotatable bonds is 5. The third-order valence-electron chi connectivity index (χ3n) is 4.25. The quantitative estimate of drug-likeness (QED) is 0.137. The van der Waals surface area contributed by atoms with E-state index in [9.17, 15) is 35.7 Å². The fourth-order valence-electron chi connectivity index (χ4n) is 2.84. The second-order valence-corrected chi connectivity index (χ2v) is 11.5. The normalized spacial score (nSPS) is 11.7. The second-order valence-electron chi connectivity index (χ2n) is 6.63. The first-order chi connectivity index (χ1) is 16.2. The Hall–Kier alpha value is -1.51. The maximum Gasteiger partial charge on any atom is 0.417 e. The van der Waals surface area contributed by atoms with Crippen molar-refractivity contribution in [2.75, 3.05) is 0 Å². The van der Waals surface area contributed by atoms with Gasteiger partial charge in [0.1, 0.15) is 21.6 Å². The molecule has 0 saturated heterocycles. The van der Waals surface area contributed by atoms with Crippen molar-refractivity contribution in [2.24, 2.45) is 0 Å². The minimum absolute atomic E-state index is 0.0469. The van der Waals surface area contributed by atoms with Gasteiger partial charge >= 0.3 is 18.1 Å². The first kappa shape index (κ1) is 28.1. The van der Waals surface area contributed by atoms with Crippen molar-refractivity contribution in [3.63, 3.8) is 0 Å². The molecule has 35 heavy (non-hydrogen) atoms. The SMILES string of the molecule is O=C(Oc1ccc(I)cc1)c1cccc(C(F)(F)F)c1C(=O)Oc1cc(I)c(S(=O)(=O)[O-])c(I)c1. The second kappa shape index (κ2) is 10.9. The largest absolute Gasteiger partial charge is 0.744 e. The molecular weight excluding hydrogens is 834 g/mol. The van der Waals surface area contributed by atoms with Crippen LogP contribution in [-0.4, -0.2) is 24.9 Å². The number of halogens is 6. The van der Waals surface area contributed by atoms with Gasteiger partial charge in [0.25, 0.3) is 0 Å². The topological polar surface area (TPSA) is 110 Å². The van der Waals surface area contributed by atoms with Crippen LogP contribution in [0.3, 0.4) is 0 Å². The Bertz CT molecular complexity index is 1400. The zero-order chi connectivity index (χ0) is 26.1. The van der Waals surface area contributed by atoms with Crippen LogP contribution in [0.1, 0.15) is 26.3 Å². The molecule has 3 aromatic carbocycles. The molecule has 3 rings (SSSR count). The van der Waals surface area contributed by atoms with Crippen molar-refractivity contribution >= 4 is 89.8 Å². The number of alkyl halides is 3. The molecule has 0 aliphatic carbocycles. The van der Waals surface area contributed by atoms with Crippen LogP contribution in [0.15, 0.2) is 59.5 Å². The lowest BCUT2D eigenvalue weighted by Gasteiger charge is -2.17. The summed E-state index contributed by atoms with van der Waals surface area (Å²) in [5.74, 6) is -3.03. The smallest absolute Gasteiger partial charge is 0.417 e. The minimum Gasteiger partial charge on any atom is -0.744 e. The van der Waals surface area contributed by atoms with Gasteiger partial charge < -0.3 is 14.0 Å². The standard InChI is InChI=1S/C21H10F3I3O7S/c22-21(23,24)14-3-1-2-13(19(28)33-11-6-4-10(25)5-7-11)17(14)20(29)34-12-8-15(26)18(16(27)9-12)35(30,31)32/h1-9H,(H,30,31,32)/p-1. The van der Waals surface area contributed by atoms with Crippen molar-refractivity contribution in [3.05, 3.63) is 82.0 Å². The number of carbonyl (C=O) groups is 2.